The van der Waals surface area contributed by atoms with Gasteiger partial charge in [-0.05, 0) is 79.5 Å². The molecule has 3 aliphatic rings. The van der Waals surface area contributed by atoms with Crippen molar-refractivity contribution in [3.8, 4) is 18.1 Å². The summed E-state index contributed by atoms with van der Waals surface area (Å²) < 4.78 is 10.0. The van der Waals surface area contributed by atoms with Crippen LogP contribution in [-0.4, -0.2) is 29.3 Å². The van der Waals surface area contributed by atoms with Crippen molar-refractivity contribution in [1.82, 2.24) is 0 Å². The lowest BCUT2D eigenvalue weighted by Crippen LogP contribution is -2.50. The number of carbonyl (C=O) groups excluding carboxylic acids is 2. The van der Waals surface area contributed by atoms with Crippen LogP contribution >= 0.6 is 0 Å². The number of benzene rings is 1. The molecule has 1 N–H and O–H groups in total. The smallest absolute Gasteiger partial charge is 0.349 e. The predicted octanol–water partition coefficient (Wildman–Crippen LogP) is 3.38. The molecule has 0 aromatic heterocycles. The standard InChI is InChI=1S/C24H28O5/c1-4-24(27)12-10-21-20-7-5-16-13-17(29-22(26)14-28-15(2)25)6-8-18(16)19(20)9-11-23(21,24)3/h1,6,8,13,19-21,27H,5,7,9-12,14H2,2-3H3/t19?,20?,21?,23-,24-/m0/s1. The van der Waals surface area contributed by atoms with E-state index >= 15 is 0 Å². The van der Waals surface area contributed by atoms with Gasteiger partial charge >= 0.3 is 11.9 Å². The predicted molar refractivity (Wildman–Crippen MR) is 107 cm³/mol. The maximum absolute atomic E-state index is 11.8. The van der Waals surface area contributed by atoms with Crippen molar-refractivity contribution in [2.24, 2.45) is 17.3 Å². The molecule has 5 nitrogen and oxygen atoms in total. The second-order valence-electron chi connectivity index (χ2n) is 9.03. The van der Waals surface area contributed by atoms with E-state index in [-0.39, 0.29) is 12.0 Å². The minimum atomic E-state index is -0.983. The van der Waals surface area contributed by atoms with Gasteiger partial charge in [0, 0.05) is 12.3 Å². The monoisotopic (exact) mass is 396 g/mol. The first kappa shape index (κ1) is 20.0. The van der Waals surface area contributed by atoms with Crippen LogP contribution in [0.4, 0.5) is 0 Å². The highest BCUT2D eigenvalue weighted by atomic mass is 16.6. The van der Waals surface area contributed by atoms with Crippen molar-refractivity contribution >= 4 is 11.9 Å². The van der Waals surface area contributed by atoms with Crippen LogP contribution in [0.5, 0.6) is 5.75 Å². The second kappa shape index (κ2) is 7.18. The van der Waals surface area contributed by atoms with Crippen LogP contribution < -0.4 is 4.74 Å². The van der Waals surface area contributed by atoms with Gasteiger partial charge in [0.05, 0.1) is 0 Å². The Balaban J connectivity index is 1.52. The Kier molecular flexibility index (Phi) is 4.94. The van der Waals surface area contributed by atoms with Gasteiger partial charge in [-0.3, -0.25) is 4.79 Å². The molecule has 5 atom stereocenters. The van der Waals surface area contributed by atoms with Crippen molar-refractivity contribution in [3.63, 3.8) is 0 Å². The van der Waals surface area contributed by atoms with Crippen LogP contribution in [0.15, 0.2) is 18.2 Å². The first-order chi connectivity index (χ1) is 13.8. The zero-order chi connectivity index (χ0) is 20.8. The minimum Gasteiger partial charge on any atom is -0.454 e. The normalized spacial score (nSPS) is 34.9. The lowest BCUT2D eigenvalue weighted by atomic mass is 9.53. The van der Waals surface area contributed by atoms with Gasteiger partial charge in [-0.25, -0.2) is 4.79 Å². The molecule has 2 fully saturated rings. The van der Waals surface area contributed by atoms with E-state index in [2.05, 4.69) is 23.6 Å². The Morgan fingerprint density at radius 1 is 1.28 bits per heavy atom. The molecule has 154 valence electrons. The average Bonchev–Trinajstić information content (AvgIpc) is 2.97. The number of carbonyl (C=O) groups is 2. The molecule has 3 aliphatic carbocycles. The number of fused-ring (bicyclic) bond motifs is 5. The third kappa shape index (κ3) is 3.24. The SMILES string of the molecule is C#C[C@]1(O)CCC2C3CCc4cc(OC(=O)COC(C)=O)ccc4C3CC[C@@]21C. The zero-order valence-corrected chi connectivity index (χ0v) is 17.1. The maximum atomic E-state index is 11.8. The lowest BCUT2D eigenvalue weighted by molar-refractivity contribution is -0.152. The summed E-state index contributed by atoms with van der Waals surface area (Å²) in [6.07, 6.45) is 11.3. The third-order valence-electron chi connectivity index (χ3n) is 7.71. The summed E-state index contributed by atoms with van der Waals surface area (Å²) in [7, 11) is 0. The van der Waals surface area contributed by atoms with E-state index in [9.17, 15) is 14.7 Å². The first-order valence-corrected chi connectivity index (χ1v) is 10.4. The van der Waals surface area contributed by atoms with Crippen molar-refractivity contribution < 1.29 is 24.2 Å². The van der Waals surface area contributed by atoms with Gasteiger partial charge in [-0.2, -0.15) is 0 Å². The van der Waals surface area contributed by atoms with Gasteiger partial charge < -0.3 is 14.6 Å². The molecule has 29 heavy (non-hydrogen) atoms. The first-order valence-electron chi connectivity index (χ1n) is 10.4. The number of terminal acetylenes is 1. The number of aryl methyl sites for hydroxylation is 1. The summed E-state index contributed by atoms with van der Waals surface area (Å²) in [4.78, 5) is 22.7. The highest BCUT2D eigenvalue weighted by Crippen LogP contribution is 2.64. The average molecular weight is 396 g/mol. The number of aliphatic hydroxyl groups is 1. The quantitative estimate of drug-likeness (QED) is 0.482. The van der Waals surface area contributed by atoms with Gasteiger partial charge in [0.25, 0.3) is 0 Å². The topological polar surface area (TPSA) is 72.8 Å². The molecule has 0 bridgehead atoms. The van der Waals surface area contributed by atoms with Crippen LogP contribution in [-0.2, 0) is 20.7 Å². The molecule has 0 amide bonds. The minimum absolute atomic E-state index is 0.202. The lowest BCUT2D eigenvalue weighted by Gasteiger charge is -2.52. The van der Waals surface area contributed by atoms with Crippen LogP contribution in [0.1, 0.15) is 63.0 Å². The van der Waals surface area contributed by atoms with Crippen LogP contribution in [0.25, 0.3) is 0 Å². The molecule has 5 heteroatoms. The Morgan fingerprint density at radius 2 is 2.07 bits per heavy atom. The number of rotatable bonds is 3. The molecular formula is C24H28O5. The van der Waals surface area contributed by atoms with E-state index in [1.54, 1.807) is 0 Å². The van der Waals surface area contributed by atoms with E-state index < -0.39 is 17.5 Å². The van der Waals surface area contributed by atoms with Crippen molar-refractivity contribution in [3.05, 3.63) is 29.3 Å². The van der Waals surface area contributed by atoms with Gasteiger partial charge in [-0.1, -0.05) is 18.9 Å². The highest BCUT2D eigenvalue weighted by molar-refractivity contribution is 5.77. The molecule has 0 radical (unpaired) electrons. The zero-order valence-electron chi connectivity index (χ0n) is 17.1. The van der Waals surface area contributed by atoms with Crippen LogP contribution in [0.3, 0.4) is 0 Å². The van der Waals surface area contributed by atoms with Crippen molar-refractivity contribution in [2.45, 2.75) is 63.9 Å². The summed E-state index contributed by atoms with van der Waals surface area (Å²) in [5, 5.41) is 11.0. The Labute approximate surface area is 171 Å². The summed E-state index contributed by atoms with van der Waals surface area (Å²) in [6.45, 7) is 3.06. The Bertz CT molecular complexity index is 884. The van der Waals surface area contributed by atoms with E-state index in [1.165, 1.54) is 18.1 Å². The Hall–Kier alpha value is -2.32. The van der Waals surface area contributed by atoms with Gasteiger partial charge in [0.15, 0.2) is 6.61 Å². The molecule has 2 saturated carbocycles. The molecule has 0 spiro atoms. The van der Waals surface area contributed by atoms with Crippen LogP contribution in [0, 0.1) is 29.6 Å². The fraction of sp³-hybridized carbons (Fsp3) is 0.583. The Morgan fingerprint density at radius 3 is 2.79 bits per heavy atom. The number of hydrogen-bond acceptors (Lipinski definition) is 5. The second-order valence-corrected chi connectivity index (χ2v) is 9.03. The van der Waals surface area contributed by atoms with Crippen molar-refractivity contribution in [2.75, 3.05) is 6.61 Å². The molecule has 0 aliphatic heterocycles. The third-order valence-corrected chi connectivity index (χ3v) is 7.71. The van der Waals surface area contributed by atoms with E-state index in [1.807, 2.05) is 12.1 Å². The summed E-state index contributed by atoms with van der Waals surface area (Å²) in [5.74, 6) is 3.54. The molecule has 0 saturated heterocycles. The van der Waals surface area contributed by atoms with E-state index in [0.717, 1.165) is 32.1 Å². The molecular weight excluding hydrogens is 368 g/mol. The van der Waals surface area contributed by atoms with Gasteiger partial charge in [-0.15, -0.1) is 6.42 Å². The highest BCUT2D eigenvalue weighted by Gasteiger charge is 2.61. The molecule has 1 aromatic rings. The molecule has 3 unspecified atom stereocenters. The summed E-state index contributed by atoms with van der Waals surface area (Å²) in [6, 6.07) is 5.84. The number of ether oxygens (including phenoxy) is 2. The molecule has 0 heterocycles. The molecule has 1 aromatic carbocycles. The van der Waals surface area contributed by atoms with Crippen molar-refractivity contribution in [1.29, 1.82) is 0 Å². The fourth-order valence-electron chi connectivity index (χ4n) is 6.20. The number of esters is 2. The van der Waals surface area contributed by atoms with E-state index in [4.69, 9.17) is 11.2 Å². The number of hydrogen-bond donors (Lipinski definition) is 1. The fourth-order valence-corrected chi connectivity index (χ4v) is 6.20. The largest absolute Gasteiger partial charge is 0.454 e. The van der Waals surface area contributed by atoms with Gasteiger partial charge in [0.2, 0.25) is 0 Å². The molecule has 4 rings (SSSR count). The maximum Gasteiger partial charge on any atom is 0.349 e. The van der Waals surface area contributed by atoms with Crippen LogP contribution in [0.2, 0.25) is 0 Å². The summed E-state index contributed by atoms with van der Waals surface area (Å²) in [5.41, 5.74) is 1.37. The van der Waals surface area contributed by atoms with E-state index in [0.29, 0.717) is 29.9 Å². The van der Waals surface area contributed by atoms with Gasteiger partial charge in [0.1, 0.15) is 11.4 Å². The summed E-state index contributed by atoms with van der Waals surface area (Å²) >= 11 is 0.